The Hall–Kier alpha value is -1.32. The summed E-state index contributed by atoms with van der Waals surface area (Å²) in [6, 6.07) is 2.31. The number of piperidine rings is 1. The second kappa shape index (κ2) is 4.17. The smallest absolute Gasteiger partial charge is 0.272 e. The van der Waals surface area contributed by atoms with Crippen LogP contribution in [0.5, 0.6) is 0 Å². The Kier molecular flexibility index (Phi) is 2.65. The van der Waals surface area contributed by atoms with E-state index in [1.807, 2.05) is 13.1 Å². The van der Waals surface area contributed by atoms with Crippen molar-refractivity contribution in [2.24, 2.45) is 13.0 Å². The minimum absolute atomic E-state index is 0.168. The van der Waals surface area contributed by atoms with E-state index in [9.17, 15) is 4.79 Å². The summed E-state index contributed by atoms with van der Waals surface area (Å²) in [7, 11) is 1.84. The minimum atomic E-state index is 0.168. The summed E-state index contributed by atoms with van der Waals surface area (Å²) in [5.74, 6) is 0.919. The number of fused-ring (bicyclic) bond motifs is 1. The highest BCUT2D eigenvalue weighted by Crippen LogP contribution is 2.37. The molecule has 1 aliphatic heterocycles. The number of nitrogens with zero attached hydrogens (tertiary/aromatic N) is 3. The maximum absolute atomic E-state index is 12.5. The molecule has 0 radical (unpaired) electrons. The van der Waals surface area contributed by atoms with Crippen LogP contribution in [0.15, 0.2) is 12.3 Å². The summed E-state index contributed by atoms with van der Waals surface area (Å²) in [6.07, 6.45) is 7.94. The van der Waals surface area contributed by atoms with Crippen molar-refractivity contribution in [2.45, 2.75) is 38.1 Å². The lowest BCUT2D eigenvalue weighted by atomic mass is 9.92. The quantitative estimate of drug-likeness (QED) is 0.742. The Bertz CT molecular complexity index is 426. The molecule has 0 bridgehead atoms. The number of aryl methyl sites for hydroxylation is 1. The van der Waals surface area contributed by atoms with E-state index >= 15 is 0 Å². The predicted octanol–water partition coefficient (Wildman–Crippen LogP) is 1.82. The second-order valence-corrected chi connectivity index (χ2v) is 5.24. The Morgan fingerprint density at radius 2 is 2.18 bits per heavy atom. The van der Waals surface area contributed by atoms with Gasteiger partial charge in [0, 0.05) is 25.8 Å². The van der Waals surface area contributed by atoms with E-state index in [-0.39, 0.29) is 5.91 Å². The zero-order chi connectivity index (χ0) is 11.8. The fraction of sp³-hybridized carbons (Fsp3) is 0.692. The molecule has 4 nitrogen and oxygen atoms in total. The number of likely N-dealkylation sites (tertiary alicyclic amines) is 1. The van der Waals surface area contributed by atoms with Gasteiger partial charge in [0.1, 0.15) is 5.69 Å². The highest BCUT2D eigenvalue weighted by Gasteiger charge is 2.38. The molecule has 0 spiro atoms. The van der Waals surface area contributed by atoms with Crippen LogP contribution in [0.2, 0.25) is 0 Å². The van der Waals surface area contributed by atoms with E-state index in [0.29, 0.717) is 6.04 Å². The van der Waals surface area contributed by atoms with Crippen LogP contribution in [0.4, 0.5) is 0 Å². The third-order valence-electron chi connectivity index (χ3n) is 4.29. The summed E-state index contributed by atoms with van der Waals surface area (Å²) >= 11 is 0. The first kappa shape index (κ1) is 10.8. The van der Waals surface area contributed by atoms with Gasteiger partial charge in [-0.25, -0.2) is 0 Å². The van der Waals surface area contributed by atoms with Gasteiger partial charge in [-0.15, -0.1) is 0 Å². The zero-order valence-electron chi connectivity index (χ0n) is 10.3. The first-order chi connectivity index (χ1) is 8.27. The van der Waals surface area contributed by atoms with Crippen LogP contribution >= 0.6 is 0 Å². The lowest BCUT2D eigenvalue weighted by Crippen LogP contribution is -2.46. The minimum Gasteiger partial charge on any atom is -0.334 e. The monoisotopic (exact) mass is 233 g/mol. The van der Waals surface area contributed by atoms with E-state index in [2.05, 4.69) is 10.00 Å². The van der Waals surface area contributed by atoms with Gasteiger partial charge in [-0.1, -0.05) is 6.42 Å². The maximum atomic E-state index is 12.5. The van der Waals surface area contributed by atoms with Gasteiger partial charge >= 0.3 is 0 Å². The van der Waals surface area contributed by atoms with Gasteiger partial charge in [0.25, 0.3) is 5.91 Å². The fourth-order valence-electron chi connectivity index (χ4n) is 3.44. The summed E-state index contributed by atoms with van der Waals surface area (Å²) < 4.78 is 1.68. The molecule has 2 atom stereocenters. The molecule has 3 rings (SSSR count). The molecule has 92 valence electrons. The van der Waals surface area contributed by atoms with E-state index < -0.39 is 0 Å². The van der Waals surface area contributed by atoms with E-state index in [1.165, 1.54) is 25.7 Å². The number of carbonyl (C=O) groups is 1. The van der Waals surface area contributed by atoms with Crippen molar-refractivity contribution in [3.63, 3.8) is 0 Å². The molecule has 4 heteroatoms. The SMILES string of the molecule is Cn1nccc1C(=O)N1CCCC2CCCC21. The van der Waals surface area contributed by atoms with Crippen molar-refractivity contribution in [2.75, 3.05) is 6.54 Å². The maximum Gasteiger partial charge on any atom is 0.272 e. The molecule has 1 amide bonds. The third kappa shape index (κ3) is 1.75. The van der Waals surface area contributed by atoms with Crippen LogP contribution in [-0.2, 0) is 7.05 Å². The molecule has 0 N–H and O–H groups in total. The predicted molar refractivity (Wildman–Crippen MR) is 64.6 cm³/mol. The fourth-order valence-corrected chi connectivity index (χ4v) is 3.44. The molecule has 2 heterocycles. The van der Waals surface area contributed by atoms with E-state index in [0.717, 1.165) is 24.6 Å². The molecule has 1 saturated heterocycles. The van der Waals surface area contributed by atoms with Crippen LogP contribution in [0.3, 0.4) is 0 Å². The highest BCUT2D eigenvalue weighted by molar-refractivity contribution is 5.92. The van der Waals surface area contributed by atoms with Crippen molar-refractivity contribution in [1.29, 1.82) is 0 Å². The van der Waals surface area contributed by atoms with Gasteiger partial charge in [0.2, 0.25) is 0 Å². The van der Waals surface area contributed by atoms with Crippen LogP contribution < -0.4 is 0 Å². The molecule has 2 unspecified atom stereocenters. The van der Waals surface area contributed by atoms with Crippen LogP contribution in [-0.4, -0.2) is 33.2 Å². The van der Waals surface area contributed by atoms with Gasteiger partial charge in [0.05, 0.1) is 0 Å². The third-order valence-corrected chi connectivity index (χ3v) is 4.29. The first-order valence-corrected chi connectivity index (χ1v) is 6.56. The summed E-state index contributed by atoms with van der Waals surface area (Å²) in [6.45, 7) is 0.922. The molecule has 1 aliphatic carbocycles. The number of amides is 1. The Morgan fingerprint density at radius 1 is 1.35 bits per heavy atom. The van der Waals surface area contributed by atoms with Crippen molar-refractivity contribution in [3.05, 3.63) is 18.0 Å². The van der Waals surface area contributed by atoms with Crippen molar-refractivity contribution in [1.82, 2.24) is 14.7 Å². The molecule has 1 aromatic rings. The number of rotatable bonds is 1. The number of carbonyl (C=O) groups excluding carboxylic acids is 1. The molecule has 0 aromatic carbocycles. The average Bonchev–Trinajstić information content (AvgIpc) is 2.95. The number of hydrogen-bond acceptors (Lipinski definition) is 2. The highest BCUT2D eigenvalue weighted by atomic mass is 16.2. The molecule has 1 saturated carbocycles. The summed E-state index contributed by atoms with van der Waals surface area (Å²) in [4.78, 5) is 14.6. The van der Waals surface area contributed by atoms with Gasteiger partial charge in [-0.3, -0.25) is 9.48 Å². The van der Waals surface area contributed by atoms with Gasteiger partial charge in [0.15, 0.2) is 0 Å². The summed E-state index contributed by atoms with van der Waals surface area (Å²) in [5.41, 5.74) is 0.720. The Labute approximate surface area is 102 Å². The van der Waals surface area contributed by atoms with Crippen LogP contribution in [0.25, 0.3) is 0 Å². The van der Waals surface area contributed by atoms with E-state index in [1.54, 1.807) is 10.9 Å². The van der Waals surface area contributed by atoms with Gasteiger partial charge < -0.3 is 4.90 Å². The van der Waals surface area contributed by atoms with Gasteiger partial charge in [-0.05, 0) is 37.7 Å². The summed E-state index contributed by atoms with van der Waals surface area (Å²) in [5, 5.41) is 4.09. The first-order valence-electron chi connectivity index (χ1n) is 6.56. The Balaban J connectivity index is 1.83. The number of aromatic nitrogens is 2. The van der Waals surface area contributed by atoms with Crippen molar-refractivity contribution in [3.8, 4) is 0 Å². The topological polar surface area (TPSA) is 38.1 Å². The van der Waals surface area contributed by atoms with E-state index in [4.69, 9.17) is 0 Å². The molecular formula is C13H19N3O. The Morgan fingerprint density at radius 3 is 2.94 bits per heavy atom. The molecule has 1 aromatic heterocycles. The standard InChI is InChI=1S/C13H19N3O/c1-15-12(7-8-14-15)13(17)16-9-3-5-10-4-2-6-11(10)16/h7-8,10-11H,2-6,9H2,1H3. The largest absolute Gasteiger partial charge is 0.334 e. The molecule has 2 fully saturated rings. The van der Waals surface area contributed by atoms with Crippen molar-refractivity contribution >= 4 is 5.91 Å². The average molecular weight is 233 g/mol. The normalized spacial score (nSPS) is 28.2. The van der Waals surface area contributed by atoms with Crippen LogP contribution in [0.1, 0.15) is 42.6 Å². The number of hydrogen-bond donors (Lipinski definition) is 0. The van der Waals surface area contributed by atoms with Crippen LogP contribution in [0, 0.1) is 5.92 Å². The molecular weight excluding hydrogens is 214 g/mol. The van der Waals surface area contributed by atoms with Crippen molar-refractivity contribution < 1.29 is 4.79 Å². The lowest BCUT2D eigenvalue weighted by Gasteiger charge is -2.37. The zero-order valence-corrected chi connectivity index (χ0v) is 10.3. The molecule has 2 aliphatic rings. The lowest BCUT2D eigenvalue weighted by molar-refractivity contribution is 0.0537. The second-order valence-electron chi connectivity index (χ2n) is 5.24. The van der Waals surface area contributed by atoms with Gasteiger partial charge in [-0.2, -0.15) is 5.10 Å². The molecule has 17 heavy (non-hydrogen) atoms.